The Bertz CT molecular complexity index is 108. The molecule has 0 aliphatic rings. The molecule has 2 nitrogen and oxygen atoms in total. The third-order valence-electron chi connectivity index (χ3n) is 0.421. The van der Waals surface area contributed by atoms with Crippen LogP contribution >= 0.6 is 11.6 Å². The highest BCUT2D eigenvalue weighted by atomic mass is 35.5. The molecule has 0 saturated heterocycles. The molecule has 3 heteroatoms. The first-order valence-corrected chi connectivity index (χ1v) is 2.66. The Morgan fingerprint density at radius 3 is 1.89 bits per heavy atom. The van der Waals surface area contributed by atoms with E-state index in [1.54, 1.807) is 6.92 Å². The van der Waals surface area contributed by atoms with Crippen molar-refractivity contribution in [3.8, 4) is 0 Å². The number of hydrogen-bond donors (Lipinski definition) is 1. The number of rotatable bonds is 1. The smallest absolute Gasteiger partial charge is 0.243 e. The van der Waals surface area contributed by atoms with Gasteiger partial charge in [0.2, 0.25) is 5.91 Å². The maximum Gasteiger partial charge on any atom is 0.243 e. The molecule has 0 rings (SSSR count). The van der Waals surface area contributed by atoms with E-state index >= 15 is 0 Å². The quantitative estimate of drug-likeness (QED) is 0.560. The van der Waals surface area contributed by atoms with Gasteiger partial charge in [-0.25, -0.2) is 0 Å². The Hall–Kier alpha value is -0.760. The maximum absolute atomic E-state index is 9.82. The van der Waals surface area contributed by atoms with Crippen LogP contribution in [0.2, 0.25) is 0 Å². The molecule has 2 N–H and O–H groups in total. The topological polar surface area (TPSA) is 43.1 Å². The number of amides is 1. The number of halogens is 1. The molecule has 0 saturated carbocycles. The van der Waals surface area contributed by atoms with Crippen molar-refractivity contribution in [1.82, 2.24) is 0 Å². The minimum Gasteiger partial charge on any atom is -0.366 e. The van der Waals surface area contributed by atoms with E-state index in [9.17, 15) is 4.79 Å². The lowest BCUT2D eigenvalue weighted by atomic mass is 10.3. The highest BCUT2D eigenvalue weighted by Gasteiger charge is 1.86. The average Bonchev–Trinajstić information content (AvgIpc) is 1.68. The summed E-state index contributed by atoms with van der Waals surface area (Å²) < 4.78 is 0. The Kier molecular flexibility index (Phi) is 8.92. The molecule has 9 heavy (non-hydrogen) atoms. The Balaban J connectivity index is 0. The van der Waals surface area contributed by atoms with E-state index in [1.165, 1.54) is 5.54 Å². The van der Waals surface area contributed by atoms with Crippen molar-refractivity contribution in [1.29, 1.82) is 0 Å². The van der Waals surface area contributed by atoms with Crippen LogP contribution in [0.25, 0.3) is 0 Å². The molecule has 0 bridgehead atoms. The highest BCUT2D eigenvalue weighted by Crippen LogP contribution is 1.78. The second-order valence-electron chi connectivity index (χ2n) is 1.30. The summed E-state index contributed by atoms with van der Waals surface area (Å²) in [6.07, 6.45) is 0. The van der Waals surface area contributed by atoms with Crippen LogP contribution in [0.5, 0.6) is 0 Å². The Labute approximate surface area is 60.0 Å². The third-order valence-corrected chi connectivity index (χ3v) is 0.421. The molecule has 0 aromatic rings. The van der Waals surface area contributed by atoms with Crippen LogP contribution in [-0.2, 0) is 4.79 Å². The maximum atomic E-state index is 9.82. The van der Waals surface area contributed by atoms with E-state index in [0.29, 0.717) is 5.57 Å². The van der Waals surface area contributed by atoms with E-state index in [-0.39, 0.29) is 0 Å². The summed E-state index contributed by atoms with van der Waals surface area (Å²) in [5.41, 5.74) is 6.32. The zero-order chi connectivity index (χ0) is 7.86. The van der Waals surface area contributed by atoms with E-state index in [1.807, 2.05) is 0 Å². The fourth-order valence-electron chi connectivity index (χ4n) is 0. The van der Waals surface area contributed by atoms with E-state index in [4.69, 9.17) is 17.3 Å². The summed E-state index contributed by atoms with van der Waals surface area (Å²) in [5.74, 6) is -0.435. The summed E-state index contributed by atoms with van der Waals surface area (Å²) in [6.45, 7) is 7.98. The number of hydrogen-bond acceptors (Lipinski definition) is 1. The SMILES string of the molecule is C=C(C)C(N)=O.C=CCl. The van der Waals surface area contributed by atoms with Crippen molar-refractivity contribution in [3.63, 3.8) is 0 Å². The fourth-order valence-corrected chi connectivity index (χ4v) is 0. The molecule has 0 aliphatic carbocycles. The van der Waals surface area contributed by atoms with Gasteiger partial charge < -0.3 is 5.73 Å². The third kappa shape index (κ3) is 18.9. The van der Waals surface area contributed by atoms with Gasteiger partial charge in [-0.3, -0.25) is 4.79 Å². The normalized spacial score (nSPS) is 6.44. The zero-order valence-corrected chi connectivity index (χ0v) is 6.11. The number of carbonyl (C=O) groups is 1. The molecule has 0 spiro atoms. The van der Waals surface area contributed by atoms with Crippen LogP contribution in [0.15, 0.2) is 24.3 Å². The van der Waals surface area contributed by atoms with Gasteiger partial charge in [-0.2, -0.15) is 0 Å². The van der Waals surface area contributed by atoms with Gasteiger partial charge in [0, 0.05) is 5.57 Å². The zero-order valence-electron chi connectivity index (χ0n) is 5.36. The van der Waals surface area contributed by atoms with Crippen molar-refractivity contribution in [2.75, 3.05) is 0 Å². The van der Waals surface area contributed by atoms with Crippen molar-refractivity contribution >= 4 is 17.5 Å². The second-order valence-corrected chi connectivity index (χ2v) is 1.61. The van der Waals surface area contributed by atoms with Crippen molar-refractivity contribution in [2.45, 2.75) is 6.92 Å². The van der Waals surface area contributed by atoms with Crippen LogP contribution in [0.4, 0.5) is 0 Å². The average molecular weight is 148 g/mol. The van der Waals surface area contributed by atoms with Crippen LogP contribution in [0.1, 0.15) is 6.92 Å². The van der Waals surface area contributed by atoms with E-state index in [2.05, 4.69) is 13.2 Å². The van der Waals surface area contributed by atoms with Crippen LogP contribution < -0.4 is 5.73 Å². The molecule has 0 aliphatic heterocycles. The van der Waals surface area contributed by atoms with Crippen molar-refractivity contribution in [2.24, 2.45) is 5.73 Å². The largest absolute Gasteiger partial charge is 0.366 e. The van der Waals surface area contributed by atoms with E-state index in [0.717, 1.165) is 0 Å². The lowest BCUT2D eigenvalue weighted by Gasteiger charge is -1.81. The molecule has 0 fully saturated rings. The first-order valence-electron chi connectivity index (χ1n) is 2.22. The number of primary amides is 1. The fraction of sp³-hybridized carbons (Fsp3) is 0.167. The minimum absolute atomic E-state index is 0.398. The molecule has 0 heterocycles. The van der Waals surface area contributed by atoms with Crippen LogP contribution in [0, 0.1) is 0 Å². The van der Waals surface area contributed by atoms with Gasteiger partial charge in [0.15, 0.2) is 0 Å². The lowest BCUT2D eigenvalue weighted by molar-refractivity contribution is -0.114. The molecular weight excluding hydrogens is 138 g/mol. The van der Waals surface area contributed by atoms with Gasteiger partial charge in [-0.1, -0.05) is 24.8 Å². The van der Waals surface area contributed by atoms with Crippen LogP contribution in [-0.4, -0.2) is 5.91 Å². The van der Waals surface area contributed by atoms with Gasteiger partial charge in [0.25, 0.3) is 0 Å². The lowest BCUT2D eigenvalue weighted by Crippen LogP contribution is -2.10. The molecule has 1 amide bonds. The summed E-state index contributed by atoms with van der Waals surface area (Å²) in [7, 11) is 0. The van der Waals surface area contributed by atoms with Gasteiger partial charge in [-0.05, 0) is 12.5 Å². The minimum atomic E-state index is -0.435. The van der Waals surface area contributed by atoms with Gasteiger partial charge >= 0.3 is 0 Å². The summed E-state index contributed by atoms with van der Waals surface area (Å²) >= 11 is 4.76. The highest BCUT2D eigenvalue weighted by molar-refractivity contribution is 6.25. The molecule has 0 radical (unpaired) electrons. The summed E-state index contributed by atoms with van der Waals surface area (Å²) in [5, 5.41) is 0. The Morgan fingerprint density at radius 2 is 1.89 bits per heavy atom. The summed E-state index contributed by atoms with van der Waals surface area (Å²) in [4.78, 5) is 9.82. The molecule has 0 aromatic heterocycles. The van der Waals surface area contributed by atoms with Gasteiger partial charge in [0.1, 0.15) is 0 Å². The van der Waals surface area contributed by atoms with Crippen LogP contribution in [0.3, 0.4) is 0 Å². The van der Waals surface area contributed by atoms with Crippen molar-refractivity contribution in [3.05, 3.63) is 24.3 Å². The standard InChI is InChI=1S/C4H7NO.C2H3Cl/c1-3(2)4(5)6;1-2-3/h1H2,2H3,(H2,5,6);2H,1H2. The molecule has 0 aromatic carbocycles. The molecule has 0 unspecified atom stereocenters. The van der Waals surface area contributed by atoms with Gasteiger partial charge in [-0.15, -0.1) is 0 Å². The first-order chi connectivity index (χ1) is 4.06. The van der Waals surface area contributed by atoms with E-state index < -0.39 is 5.91 Å². The predicted molar refractivity (Wildman–Crippen MR) is 40.1 cm³/mol. The Morgan fingerprint density at radius 1 is 1.78 bits per heavy atom. The molecular formula is C6H10ClNO. The molecule has 0 atom stereocenters. The monoisotopic (exact) mass is 147 g/mol. The number of nitrogens with two attached hydrogens (primary N) is 1. The summed E-state index contributed by atoms with van der Waals surface area (Å²) in [6, 6.07) is 0. The van der Waals surface area contributed by atoms with Crippen molar-refractivity contribution < 1.29 is 4.79 Å². The predicted octanol–water partition coefficient (Wildman–Crippen LogP) is 1.42. The number of carbonyl (C=O) groups excluding carboxylic acids is 1. The second kappa shape index (κ2) is 7.24. The molecule has 52 valence electrons. The first kappa shape index (κ1) is 11.1. The van der Waals surface area contributed by atoms with Gasteiger partial charge in [0.05, 0.1) is 0 Å².